The van der Waals surface area contributed by atoms with E-state index >= 15 is 0 Å². The summed E-state index contributed by atoms with van der Waals surface area (Å²) in [4.78, 5) is 40.5. The summed E-state index contributed by atoms with van der Waals surface area (Å²) < 4.78 is 76.6. The fourth-order valence-corrected chi connectivity index (χ4v) is 5.14. The molecule has 2 fully saturated rings. The van der Waals surface area contributed by atoms with Crippen LogP contribution >= 0.6 is 22.9 Å². The predicted octanol–water partition coefficient (Wildman–Crippen LogP) is 4.13. The summed E-state index contributed by atoms with van der Waals surface area (Å²) >= 11 is 6.81. The molecule has 16 heteroatoms. The highest BCUT2D eigenvalue weighted by Gasteiger charge is 2.44. The zero-order valence-electron chi connectivity index (χ0n) is 20.7. The van der Waals surface area contributed by atoms with Crippen molar-refractivity contribution in [3.63, 3.8) is 0 Å². The third kappa shape index (κ3) is 8.02. The number of carbonyl (C=O) groups excluding carboxylic acids is 3. The van der Waals surface area contributed by atoms with Crippen LogP contribution < -0.4 is 20.3 Å². The largest absolute Gasteiger partial charge is 0.433 e. The molecule has 0 bridgehead atoms. The quantitative estimate of drug-likeness (QED) is 0.371. The molecule has 1 atom stereocenters. The van der Waals surface area contributed by atoms with Crippen LogP contribution in [0.4, 0.5) is 33.3 Å². The van der Waals surface area contributed by atoms with Crippen LogP contribution in [0, 0.1) is 0 Å². The highest BCUT2D eigenvalue weighted by Crippen LogP contribution is 2.35. The molecule has 1 saturated carbocycles. The molecule has 0 unspecified atom stereocenters. The van der Waals surface area contributed by atoms with Crippen molar-refractivity contribution in [2.75, 3.05) is 43.1 Å². The van der Waals surface area contributed by atoms with Crippen molar-refractivity contribution < 1.29 is 45.8 Å². The summed E-state index contributed by atoms with van der Waals surface area (Å²) in [6.45, 7) is -5.13. The van der Waals surface area contributed by atoms with E-state index in [0.717, 1.165) is 22.3 Å². The molecular formula is C24H24ClF5N4O5S. The predicted molar refractivity (Wildman–Crippen MR) is 136 cm³/mol. The van der Waals surface area contributed by atoms with Gasteiger partial charge < -0.3 is 25.0 Å². The minimum atomic E-state index is -4.63. The van der Waals surface area contributed by atoms with Crippen molar-refractivity contribution >= 4 is 52.0 Å². The molecule has 2 aliphatic rings. The molecule has 1 aliphatic carbocycles. The molecule has 1 saturated heterocycles. The molecule has 9 nitrogen and oxygen atoms in total. The molecule has 218 valence electrons. The van der Waals surface area contributed by atoms with Crippen LogP contribution in [0.15, 0.2) is 30.3 Å². The van der Waals surface area contributed by atoms with Gasteiger partial charge in [-0.1, -0.05) is 11.6 Å². The van der Waals surface area contributed by atoms with Gasteiger partial charge in [-0.05, 0) is 37.1 Å². The van der Waals surface area contributed by atoms with Crippen molar-refractivity contribution in [1.82, 2.24) is 10.2 Å². The van der Waals surface area contributed by atoms with E-state index in [1.54, 1.807) is 0 Å². The van der Waals surface area contributed by atoms with Crippen molar-refractivity contribution in [2.24, 2.45) is 0 Å². The zero-order chi connectivity index (χ0) is 29.0. The lowest BCUT2D eigenvalue weighted by Crippen LogP contribution is -2.54. The number of nitrogens with zero attached hydrogens (tertiary/aromatic N) is 2. The molecule has 2 aromatic rings. The Morgan fingerprint density at radius 2 is 1.98 bits per heavy atom. The van der Waals surface area contributed by atoms with Gasteiger partial charge in [0.25, 0.3) is 11.8 Å². The fourth-order valence-electron chi connectivity index (χ4n) is 4.18. The molecule has 0 radical (unpaired) electrons. The molecule has 2 heterocycles. The molecule has 3 amide bonds. The van der Waals surface area contributed by atoms with Crippen LogP contribution in [0.1, 0.15) is 22.5 Å². The minimum Gasteiger partial charge on any atom is -0.433 e. The number of benzene rings is 1. The highest BCUT2D eigenvalue weighted by molar-refractivity contribution is 7.18. The number of halogens is 6. The van der Waals surface area contributed by atoms with Crippen molar-refractivity contribution in [2.45, 2.75) is 37.7 Å². The topological polar surface area (TPSA) is 100 Å². The van der Waals surface area contributed by atoms with E-state index in [9.17, 15) is 36.3 Å². The number of hydrogen-bond acceptors (Lipinski definition) is 7. The van der Waals surface area contributed by atoms with E-state index in [1.165, 1.54) is 29.2 Å². The summed E-state index contributed by atoms with van der Waals surface area (Å²) in [6, 6.07) is 4.59. The Labute approximate surface area is 234 Å². The molecule has 0 spiro atoms. The van der Waals surface area contributed by atoms with E-state index in [4.69, 9.17) is 16.3 Å². The van der Waals surface area contributed by atoms with E-state index < -0.39 is 61.4 Å². The molecule has 1 aromatic heterocycles. The van der Waals surface area contributed by atoms with E-state index in [2.05, 4.69) is 15.4 Å². The molecule has 1 aliphatic heterocycles. The molecule has 4 rings (SSSR count). The van der Waals surface area contributed by atoms with Gasteiger partial charge in [0, 0.05) is 30.9 Å². The van der Waals surface area contributed by atoms with Crippen LogP contribution in [0.5, 0.6) is 5.75 Å². The molecular weight excluding hydrogens is 587 g/mol. The van der Waals surface area contributed by atoms with Crippen LogP contribution in [0.2, 0.25) is 4.34 Å². The maximum atomic E-state index is 13.4. The average molecular weight is 611 g/mol. The Hall–Kier alpha value is -3.01. The number of thiophene rings is 1. The first-order valence-electron chi connectivity index (χ1n) is 12.0. The van der Waals surface area contributed by atoms with Gasteiger partial charge in [0.15, 0.2) is 5.75 Å². The average Bonchev–Trinajstić information content (AvgIpc) is 3.62. The summed E-state index contributed by atoms with van der Waals surface area (Å²) in [6.07, 6.45) is -3.76. The first-order valence-corrected chi connectivity index (χ1v) is 13.2. The van der Waals surface area contributed by atoms with Crippen LogP contribution in [0.3, 0.4) is 0 Å². The second kappa shape index (κ2) is 12.7. The highest BCUT2D eigenvalue weighted by atomic mass is 35.5. The lowest BCUT2D eigenvalue weighted by molar-refractivity contribution is -0.155. The maximum Gasteiger partial charge on any atom is 0.401 e. The second-order valence-corrected chi connectivity index (χ2v) is 10.7. The smallest absolute Gasteiger partial charge is 0.401 e. The summed E-state index contributed by atoms with van der Waals surface area (Å²) in [7, 11) is 0. The SMILES string of the molecule is O=C(NC[C@H](C(=O)Nc1ccc(N2CCOCC2=O)c(OC(F)F)c1)N(CC(F)(F)F)C1CC1)c1ccc(Cl)s1. The summed E-state index contributed by atoms with van der Waals surface area (Å²) in [5, 5.41) is 4.93. The summed E-state index contributed by atoms with van der Waals surface area (Å²) in [5.41, 5.74) is -0.0454. The van der Waals surface area contributed by atoms with Gasteiger partial charge in [0.05, 0.1) is 28.1 Å². The van der Waals surface area contributed by atoms with Gasteiger partial charge in [0.2, 0.25) is 5.91 Å². The number of amides is 3. The minimum absolute atomic E-state index is 0.0155. The van der Waals surface area contributed by atoms with Crippen LogP contribution in [-0.4, -0.2) is 80.3 Å². The Kier molecular flexibility index (Phi) is 9.48. The Morgan fingerprint density at radius 3 is 2.58 bits per heavy atom. The van der Waals surface area contributed by atoms with Gasteiger partial charge in [-0.3, -0.25) is 19.3 Å². The van der Waals surface area contributed by atoms with Gasteiger partial charge in [-0.15, -0.1) is 11.3 Å². The number of nitrogens with one attached hydrogen (secondary N) is 2. The molecule has 1 aromatic carbocycles. The molecule has 2 N–H and O–H groups in total. The maximum absolute atomic E-state index is 13.4. The van der Waals surface area contributed by atoms with E-state index in [-0.39, 0.29) is 36.0 Å². The zero-order valence-corrected chi connectivity index (χ0v) is 22.3. The third-order valence-electron chi connectivity index (χ3n) is 6.05. The summed E-state index contributed by atoms with van der Waals surface area (Å²) in [5.74, 6) is -2.43. The lowest BCUT2D eigenvalue weighted by Gasteiger charge is -2.32. The number of alkyl halides is 5. The van der Waals surface area contributed by atoms with Crippen LogP contribution in [-0.2, 0) is 14.3 Å². The number of carbonyl (C=O) groups is 3. The van der Waals surface area contributed by atoms with Crippen molar-refractivity contribution in [3.8, 4) is 5.75 Å². The number of rotatable bonds is 11. The van der Waals surface area contributed by atoms with Gasteiger partial charge in [-0.2, -0.15) is 22.0 Å². The Balaban J connectivity index is 1.57. The second-order valence-electron chi connectivity index (χ2n) is 9.00. The van der Waals surface area contributed by atoms with Gasteiger partial charge >= 0.3 is 12.8 Å². The van der Waals surface area contributed by atoms with E-state index in [1.807, 2.05) is 0 Å². The first-order chi connectivity index (χ1) is 18.9. The van der Waals surface area contributed by atoms with Gasteiger partial charge in [0.1, 0.15) is 12.6 Å². The third-order valence-corrected chi connectivity index (χ3v) is 7.28. The Morgan fingerprint density at radius 1 is 1.23 bits per heavy atom. The fraction of sp³-hybridized carbons (Fsp3) is 0.458. The standard InChI is InChI=1S/C24H24ClF5N4O5S/c25-19-6-5-18(40-19)22(37)31-10-16(34(14-2-3-14)12-24(28,29)30)21(36)32-13-1-4-15(17(9-13)39-23(26)27)33-7-8-38-11-20(33)35/h1,4-6,9,14,16,23H,2-3,7-8,10-12H2,(H,31,37)(H,32,36)/t16-/m1/s1. The number of morpholine rings is 1. The number of anilines is 2. The Bertz CT molecular complexity index is 1240. The van der Waals surface area contributed by atoms with Crippen molar-refractivity contribution in [3.05, 3.63) is 39.5 Å². The lowest BCUT2D eigenvalue weighted by atomic mass is 10.1. The first kappa shape index (κ1) is 30.0. The number of hydrogen-bond donors (Lipinski definition) is 2. The normalized spacial score (nSPS) is 16.8. The monoisotopic (exact) mass is 610 g/mol. The van der Waals surface area contributed by atoms with E-state index in [0.29, 0.717) is 17.2 Å². The van der Waals surface area contributed by atoms with Gasteiger partial charge in [-0.25, -0.2) is 0 Å². The molecule has 40 heavy (non-hydrogen) atoms. The van der Waals surface area contributed by atoms with Crippen molar-refractivity contribution in [1.29, 1.82) is 0 Å². The number of ether oxygens (including phenoxy) is 2. The van der Waals surface area contributed by atoms with Crippen LogP contribution in [0.25, 0.3) is 0 Å².